The first-order valence-corrected chi connectivity index (χ1v) is 8.55. The second-order valence-corrected chi connectivity index (χ2v) is 5.75. The molecule has 0 saturated carbocycles. The van der Waals surface area contributed by atoms with Crippen molar-refractivity contribution in [3.8, 4) is 17.2 Å². The molecule has 0 aromatic heterocycles. The van der Waals surface area contributed by atoms with Crippen LogP contribution in [0.4, 0.5) is 0 Å². The van der Waals surface area contributed by atoms with Gasteiger partial charge in [0.25, 0.3) is 0 Å². The number of benzene rings is 1. The molecule has 1 aromatic carbocycles. The van der Waals surface area contributed by atoms with Crippen molar-refractivity contribution in [2.24, 2.45) is 0 Å². The second-order valence-electron chi connectivity index (χ2n) is 4.76. The highest BCUT2D eigenvalue weighted by Crippen LogP contribution is 2.36. The van der Waals surface area contributed by atoms with Gasteiger partial charge in [-0.05, 0) is 18.2 Å². The van der Waals surface area contributed by atoms with Crippen LogP contribution in [-0.4, -0.2) is 24.0 Å². The number of para-hydroxylation sites is 1. The largest absolute Gasteiger partial charge is 0.538 e. The summed E-state index contributed by atoms with van der Waals surface area (Å²) in [5.74, 6) is 2.18. The molecule has 0 saturated heterocycles. The normalized spacial score (nSPS) is 10.3. The van der Waals surface area contributed by atoms with Crippen LogP contribution in [-0.2, 0) is 0 Å². The Morgan fingerprint density at radius 2 is 1.60 bits per heavy atom. The van der Waals surface area contributed by atoms with Gasteiger partial charge >= 0.3 is 9.76 Å². The highest BCUT2D eigenvalue weighted by Gasteiger charge is 2.10. The van der Waals surface area contributed by atoms with Gasteiger partial charge in [0.05, 0.1) is 14.2 Å². The summed E-state index contributed by atoms with van der Waals surface area (Å²) in [6, 6.07) is 6.84. The van der Waals surface area contributed by atoms with Crippen LogP contribution in [0.25, 0.3) is 0 Å². The minimum Gasteiger partial charge on any atom is -0.538 e. The molecule has 112 valence electrons. The van der Waals surface area contributed by atoms with Gasteiger partial charge in [0, 0.05) is 0 Å². The van der Waals surface area contributed by atoms with Crippen molar-refractivity contribution in [1.82, 2.24) is 0 Å². The molecule has 1 aromatic rings. The van der Waals surface area contributed by atoms with Gasteiger partial charge in [-0.15, -0.1) is 0 Å². The summed E-state index contributed by atoms with van der Waals surface area (Å²) in [6.07, 6.45) is 7.94. The molecule has 0 aliphatic heterocycles. The van der Waals surface area contributed by atoms with Crippen molar-refractivity contribution in [2.45, 2.75) is 51.5 Å². The zero-order valence-electron chi connectivity index (χ0n) is 12.9. The Kier molecular flexibility index (Phi) is 8.95. The molecule has 0 aliphatic rings. The highest BCUT2D eigenvalue weighted by atomic mass is 28.2. The van der Waals surface area contributed by atoms with E-state index in [0.717, 1.165) is 17.5 Å². The maximum Gasteiger partial charge on any atom is 0.310 e. The van der Waals surface area contributed by atoms with Gasteiger partial charge in [-0.3, -0.25) is 0 Å². The lowest BCUT2D eigenvalue weighted by Crippen LogP contribution is -2.03. The van der Waals surface area contributed by atoms with E-state index in [0.29, 0.717) is 15.5 Å². The fraction of sp³-hybridized carbons (Fsp3) is 0.625. The van der Waals surface area contributed by atoms with Crippen LogP contribution in [0, 0.1) is 0 Å². The van der Waals surface area contributed by atoms with E-state index < -0.39 is 0 Å². The Labute approximate surface area is 125 Å². The fourth-order valence-corrected chi connectivity index (χ4v) is 2.86. The van der Waals surface area contributed by atoms with Crippen molar-refractivity contribution in [3.63, 3.8) is 0 Å². The first-order chi connectivity index (χ1) is 9.83. The Hall–Kier alpha value is -1.16. The molecule has 20 heavy (non-hydrogen) atoms. The van der Waals surface area contributed by atoms with Crippen molar-refractivity contribution in [3.05, 3.63) is 18.2 Å². The summed E-state index contributed by atoms with van der Waals surface area (Å²) in [4.78, 5) is 0. The van der Waals surface area contributed by atoms with Crippen LogP contribution in [0.5, 0.6) is 17.2 Å². The molecule has 2 radical (unpaired) electrons. The lowest BCUT2D eigenvalue weighted by molar-refractivity contribution is 0.344. The van der Waals surface area contributed by atoms with Crippen LogP contribution in [0.15, 0.2) is 18.2 Å². The highest BCUT2D eigenvalue weighted by molar-refractivity contribution is 6.28. The minimum absolute atomic E-state index is 0.483. The molecule has 0 N–H and O–H groups in total. The molecule has 0 atom stereocenters. The summed E-state index contributed by atoms with van der Waals surface area (Å²) in [5.41, 5.74) is 0. The molecule has 0 aliphatic carbocycles. The lowest BCUT2D eigenvalue weighted by atomic mass is 10.1. The Bertz CT molecular complexity index is 369. The number of methoxy groups -OCH3 is 2. The smallest absolute Gasteiger partial charge is 0.310 e. The molecule has 4 heteroatoms. The maximum atomic E-state index is 5.82. The Morgan fingerprint density at radius 1 is 0.900 bits per heavy atom. The van der Waals surface area contributed by atoms with E-state index in [-0.39, 0.29) is 0 Å². The summed E-state index contributed by atoms with van der Waals surface area (Å²) in [5, 5.41) is 0. The van der Waals surface area contributed by atoms with Crippen LogP contribution >= 0.6 is 0 Å². The third-order valence-electron chi connectivity index (χ3n) is 3.18. The molecular formula is C16H26O3Si. The lowest BCUT2D eigenvalue weighted by Gasteiger charge is -2.13. The van der Waals surface area contributed by atoms with Crippen molar-refractivity contribution < 1.29 is 13.9 Å². The van der Waals surface area contributed by atoms with Gasteiger partial charge in [0.2, 0.25) is 5.75 Å². The predicted molar refractivity (Wildman–Crippen MR) is 84.1 cm³/mol. The third kappa shape index (κ3) is 5.86. The minimum atomic E-state index is 0.483. The van der Waals surface area contributed by atoms with Gasteiger partial charge in [0.1, 0.15) is 5.75 Å². The third-order valence-corrected chi connectivity index (χ3v) is 4.10. The first-order valence-electron chi connectivity index (χ1n) is 7.44. The quantitative estimate of drug-likeness (QED) is 0.445. The summed E-state index contributed by atoms with van der Waals surface area (Å²) >= 11 is 0. The number of hydrogen-bond acceptors (Lipinski definition) is 3. The van der Waals surface area contributed by atoms with Crippen LogP contribution in [0.3, 0.4) is 0 Å². The number of unbranched alkanes of at least 4 members (excludes halogenated alkanes) is 5. The average molecular weight is 294 g/mol. The molecule has 0 spiro atoms. The first kappa shape index (κ1) is 16.9. The van der Waals surface area contributed by atoms with Gasteiger partial charge in [0.15, 0.2) is 5.75 Å². The monoisotopic (exact) mass is 294 g/mol. The zero-order valence-corrected chi connectivity index (χ0v) is 13.9. The van der Waals surface area contributed by atoms with Crippen molar-refractivity contribution in [1.29, 1.82) is 0 Å². The van der Waals surface area contributed by atoms with Gasteiger partial charge in [-0.2, -0.15) is 0 Å². The standard InChI is InChI=1S/C16H26O3Si/c1-4-5-6-7-8-9-13-20-19-15-12-10-11-14(17-2)16(15)18-3/h10-12H,4-9,13H2,1-3H3. The molecule has 1 rings (SSSR count). The fourth-order valence-electron chi connectivity index (χ4n) is 2.04. The SMILES string of the molecule is CCCCCCCC[Si]Oc1cccc(OC)c1OC. The zero-order chi connectivity index (χ0) is 14.6. The van der Waals surface area contributed by atoms with Crippen LogP contribution in [0.2, 0.25) is 6.04 Å². The molecule has 0 fully saturated rings. The molecular weight excluding hydrogens is 268 g/mol. The summed E-state index contributed by atoms with van der Waals surface area (Å²) in [6.45, 7) is 2.25. The molecule has 0 heterocycles. The average Bonchev–Trinajstić information content (AvgIpc) is 2.49. The van der Waals surface area contributed by atoms with E-state index in [9.17, 15) is 0 Å². The summed E-state index contributed by atoms with van der Waals surface area (Å²) in [7, 11) is 3.76. The van der Waals surface area contributed by atoms with Crippen molar-refractivity contribution in [2.75, 3.05) is 14.2 Å². The van der Waals surface area contributed by atoms with Crippen LogP contribution < -0.4 is 13.9 Å². The second kappa shape index (κ2) is 10.6. The van der Waals surface area contributed by atoms with E-state index in [1.165, 1.54) is 38.5 Å². The van der Waals surface area contributed by atoms with Gasteiger partial charge < -0.3 is 13.9 Å². The van der Waals surface area contributed by atoms with Gasteiger partial charge in [-0.25, -0.2) is 0 Å². The number of ether oxygens (including phenoxy) is 2. The van der Waals surface area contributed by atoms with E-state index >= 15 is 0 Å². The van der Waals surface area contributed by atoms with E-state index in [1.54, 1.807) is 14.2 Å². The maximum absolute atomic E-state index is 5.82. The number of rotatable bonds is 11. The Balaban J connectivity index is 2.25. The number of hydrogen-bond donors (Lipinski definition) is 0. The van der Waals surface area contributed by atoms with Gasteiger partial charge in [-0.1, -0.05) is 51.5 Å². The van der Waals surface area contributed by atoms with Crippen LogP contribution in [0.1, 0.15) is 45.4 Å². The molecule has 0 unspecified atom stereocenters. The molecule has 0 bridgehead atoms. The topological polar surface area (TPSA) is 27.7 Å². The summed E-state index contributed by atoms with van der Waals surface area (Å²) < 4.78 is 16.4. The van der Waals surface area contributed by atoms with Crippen molar-refractivity contribution >= 4 is 9.76 Å². The molecule has 0 amide bonds. The predicted octanol–water partition coefficient (Wildman–Crippen LogP) is 4.48. The van der Waals surface area contributed by atoms with E-state index in [2.05, 4.69) is 6.92 Å². The van der Waals surface area contributed by atoms with E-state index in [4.69, 9.17) is 13.9 Å². The molecule has 3 nitrogen and oxygen atoms in total. The van der Waals surface area contributed by atoms with E-state index in [1.807, 2.05) is 18.2 Å². The Morgan fingerprint density at radius 3 is 2.30 bits per heavy atom.